The summed E-state index contributed by atoms with van der Waals surface area (Å²) in [5.74, 6) is 0.144. The van der Waals surface area contributed by atoms with Crippen molar-refractivity contribution in [3.63, 3.8) is 0 Å². The minimum absolute atomic E-state index is 0.144. The van der Waals surface area contributed by atoms with Gasteiger partial charge in [0.15, 0.2) is 17.7 Å². The Hall–Kier alpha value is -2.33. The van der Waals surface area contributed by atoms with Crippen LogP contribution in [-0.4, -0.2) is 15.0 Å². The van der Waals surface area contributed by atoms with E-state index in [1.807, 2.05) is 6.07 Å². The second-order valence-electron chi connectivity index (χ2n) is 5.19. The molecule has 0 unspecified atom stereocenters. The van der Waals surface area contributed by atoms with Gasteiger partial charge in [0.2, 0.25) is 0 Å². The third-order valence-corrected chi connectivity index (χ3v) is 3.85. The third kappa shape index (κ3) is 1.77. The van der Waals surface area contributed by atoms with Crippen LogP contribution in [0.25, 0.3) is 11.1 Å². The molecule has 100 valence electrons. The lowest BCUT2D eigenvalue weighted by molar-refractivity contribution is 0.276. The fraction of sp³-hybridized carbons (Fsp3) is 0.188. The lowest BCUT2D eigenvalue weighted by atomic mass is 10.1. The highest BCUT2D eigenvalue weighted by Crippen LogP contribution is 2.29. The number of nitrogens with zero attached hydrogens (tertiary/aromatic N) is 2. The molecule has 2 aromatic carbocycles. The normalized spacial score (nSPS) is 14.8. The van der Waals surface area contributed by atoms with E-state index in [0.29, 0.717) is 5.58 Å². The Labute approximate surface area is 116 Å². The number of phenolic OH excluding ortho intramolecular Hbond substituents is 1. The molecule has 0 amide bonds. The van der Waals surface area contributed by atoms with E-state index in [1.54, 1.807) is 6.07 Å². The predicted octanol–water partition coefficient (Wildman–Crippen LogP) is 3.05. The monoisotopic (exact) mass is 266 g/mol. The van der Waals surface area contributed by atoms with E-state index in [9.17, 15) is 5.11 Å². The van der Waals surface area contributed by atoms with E-state index >= 15 is 0 Å². The van der Waals surface area contributed by atoms with Gasteiger partial charge in [-0.3, -0.25) is 4.90 Å². The quantitative estimate of drug-likeness (QED) is 0.774. The van der Waals surface area contributed by atoms with Crippen LogP contribution in [0.15, 0.2) is 47.2 Å². The molecule has 0 saturated heterocycles. The van der Waals surface area contributed by atoms with Gasteiger partial charge < -0.3 is 9.52 Å². The van der Waals surface area contributed by atoms with E-state index in [2.05, 4.69) is 34.1 Å². The van der Waals surface area contributed by atoms with Gasteiger partial charge in [-0.15, -0.1) is 0 Å². The van der Waals surface area contributed by atoms with Gasteiger partial charge in [0.1, 0.15) is 5.52 Å². The Balaban J connectivity index is 1.64. The average molecular weight is 266 g/mol. The molecule has 0 radical (unpaired) electrons. The number of fused-ring (bicyclic) bond motifs is 2. The van der Waals surface area contributed by atoms with Crippen molar-refractivity contribution in [2.75, 3.05) is 0 Å². The zero-order valence-electron chi connectivity index (χ0n) is 10.9. The van der Waals surface area contributed by atoms with Crippen LogP contribution in [0, 0.1) is 0 Å². The average Bonchev–Trinajstić information content (AvgIpc) is 3.08. The van der Waals surface area contributed by atoms with Crippen molar-refractivity contribution in [1.29, 1.82) is 0 Å². The molecule has 3 aromatic rings. The van der Waals surface area contributed by atoms with E-state index < -0.39 is 0 Å². The van der Waals surface area contributed by atoms with Crippen LogP contribution in [0.2, 0.25) is 0 Å². The Bertz CT molecular complexity index is 754. The SMILES string of the molecule is Oc1ccc(CN2Cc3ccccc3C2)c2ncoc12. The van der Waals surface area contributed by atoms with Crippen molar-refractivity contribution in [1.82, 2.24) is 9.88 Å². The van der Waals surface area contributed by atoms with Gasteiger partial charge in [0.25, 0.3) is 0 Å². The number of rotatable bonds is 2. The topological polar surface area (TPSA) is 49.5 Å². The van der Waals surface area contributed by atoms with E-state index in [1.165, 1.54) is 17.5 Å². The van der Waals surface area contributed by atoms with Crippen LogP contribution in [0.4, 0.5) is 0 Å². The van der Waals surface area contributed by atoms with E-state index in [-0.39, 0.29) is 5.75 Å². The van der Waals surface area contributed by atoms with Crippen LogP contribution in [0.3, 0.4) is 0 Å². The first kappa shape index (κ1) is 11.5. The maximum absolute atomic E-state index is 9.74. The Morgan fingerprint density at radius 1 is 1.10 bits per heavy atom. The molecular weight excluding hydrogens is 252 g/mol. The molecule has 0 atom stereocenters. The second-order valence-corrected chi connectivity index (χ2v) is 5.19. The third-order valence-electron chi connectivity index (χ3n) is 3.85. The fourth-order valence-corrected chi connectivity index (χ4v) is 2.87. The number of hydrogen-bond acceptors (Lipinski definition) is 4. The van der Waals surface area contributed by atoms with Gasteiger partial charge in [-0.05, 0) is 22.8 Å². The zero-order chi connectivity index (χ0) is 13.5. The summed E-state index contributed by atoms with van der Waals surface area (Å²) in [5, 5.41) is 9.74. The molecule has 4 rings (SSSR count). The molecular formula is C16H14N2O2. The van der Waals surface area contributed by atoms with Gasteiger partial charge >= 0.3 is 0 Å². The summed E-state index contributed by atoms with van der Waals surface area (Å²) in [6.45, 7) is 2.71. The summed E-state index contributed by atoms with van der Waals surface area (Å²) < 4.78 is 5.24. The highest BCUT2D eigenvalue weighted by Gasteiger charge is 2.20. The summed E-state index contributed by atoms with van der Waals surface area (Å²) in [7, 11) is 0. The van der Waals surface area contributed by atoms with Crippen molar-refractivity contribution < 1.29 is 9.52 Å². The number of aromatic nitrogens is 1. The molecule has 0 saturated carbocycles. The maximum Gasteiger partial charge on any atom is 0.196 e. The van der Waals surface area contributed by atoms with Gasteiger partial charge in [-0.2, -0.15) is 0 Å². The second kappa shape index (κ2) is 4.35. The van der Waals surface area contributed by atoms with Gasteiger partial charge in [-0.1, -0.05) is 30.3 Å². The molecule has 1 aromatic heterocycles. The number of benzene rings is 2. The van der Waals surface area contributed by atoms with Crippen molar-refractivity contribution in [3.8, 4) is 5.75 Å². The summed E-state index contributed by atoms with van der Waals surface area (Å²) in [5.41, 5.74) is 5.09. The lowest BCUT2D eigenvalue weighted by Gasteiger charge is -2.15. The molecule has 1 aliphatic rings. The summed E-state index contributed by atoms with van der Waals surface area (Å²) in [4.78, 5) is 6.58. The molecule has 0 bridgehead atoms. The molecule has 1 N–H and O–H groups in total. The number of oxazole rings is 1. The molecule has 4 heteroatoms. The maximum atomic E-state index is 9.74. The van der Waals surface area contributed by atoms with Gasteiger partial charge in [0.05, 0.1) is 0 Å². The van der Waals surface area contributed by atoms with Gasteiger partial charge in [-0.25, -0.2) is 4.98 Å². The van der Waals surface area contributed by atoms with Crippen molar-refractivity contribution >= 4 is 11.1 Å². The lowest BCUT2D eigenvalue weighted by Crippen LogP contribution is -2.15. The predicted molar refractivity (Wildman–Crippen MR) is 75.1 cm³/mol. The largest absolute Gasteiger partial charge is 0.504 e. The first-order valence-electron chi connectivity index (χ1n) is 6.64. The summed E-state index contributed by atoms with van der Waals surface area (Å²) in [6.07, 6.45) is 1.38. The van der Waals surface area contributed by atoms with Crippen LogP contribution in [-0.2, 0) is 19.6 Å². The first-order chi connectivity index (χ1) is 9.81. The molecule has 20 heavy (non-hydrogen) atoms. The molecule has 2 heterocycles. The number of hydrogen-bond donors (Lipinski definition) is 1. The Kier molecular flexibility index (Phi) is 2.50. The van der Waals surface area contributed by atoms with Gasteiger partial charge in [0, 0.05) is 19.6 Å². The van der Waals surface area contributed by atoms with Crippen molar-refractivity contribution in [2.24, 2.45) is 0 Å². The minimum Gasteiger partial charge on any atom is -0.504 e. The summed E-state index contributed by atoms with van der Waals surface area (Å²) in [6, 6.07) is 12.1. The molecule has 1 aliphatic heterocycles. The van der Waals surface area contributed by atoms with Crippen molar-refractivity contribution in [3.05, 3.63) is 59.5 Å². The molecule has 0 fully saturated rings. The Morgan fingerprint density at radius 2 is 1.85 bits per heavy atom. The highest BCUT2D eigenvalue weighted by molar-refractivity contribution is 5.81. The molecule has 0 aliphatic carbocycles. The van der Waals surface area contributed by atoms with Crippen LogP contribution >= 0.6 is 0 Å². The zero-order valence-corrected chi connectivity index (χ0v) is 10.9. The summed E-state index contributed by atoms with van der Waals surface area (Å²) >= 11 is 0. The first-order valence-corrected chi connectivity index (χ1v) is 6.64. The molecule has 4 nitrogen and oxygen atoms in total. The van der Waals surface area contributed by atoms with Crippen LogP contribution in [0.1, 0.15) is 16.7 Å². The Morgan fingerprint density at radius 3 is 2.60 bits per heavy atom. The minimum atomic E-state index is 0.144. The number of aromatic hydroxyl groups is 1. The van der Waals surface area contributed by atoms with E-state index in [4.69, 9.17) is 4.42 Å². The standard InChI is InChI=1S/C16H14N2O2/c19-14-6-5-13(15-16(14)20-10-17-15)9-18-7-11-3-1-2-4-12(11)8-18/h1-6,10,19H,7-9H2. The fourth-order valence-electron chi connectivity index (χ4n) is 2.87. The van der Waals surface area contributed by atoms with E-state index in [0.717, 1.165) is 30.7 Å². The van der Waals surface area contributed by atoms with Crippen LogP contribution in [0.5, 0.6) is 5.75 Å². The number of phenols is 1. The van der Waals surface area contributed by atoms with Crippen LogP contribution < -0.4 is 0 Å². The highest BCUT2D eigenvalue weighted by atomic mass is 16.4. The molecule has 0 spiro atoms. The smallest absolute Gasteiger partial charge is 0.196 e. The van der Waals surface area contributed by atoms with Crippen molar-refractivity contribution in [2.45, 2.75) is 19.6 Å².